The molecule has 2 aliphatic rings. The lowest BCUT2D eigenvalue weighted by Crippen LogP contribution is -2.54. The van der Waals surface area contributed by atoms with E-state index < -0.39 is 6.04 Å². The van der Waals surface area contributed by atoms with Crippen molar-refractivity contribution in [1.82, 2.24) is 10.2 Å². The molecule has 3 amide bonds. The van der Waals surface area contributed by atoms with Crippen molar-refractivity contribution >= 4 is 17.7 Å². The van der Waals surface area contributed by atoms with Crippen molar-refractivity contribution in [3.05, 3.63) is 35.4 Å². The van der Waals surface area contributed by atoms with Gasteiger partial charge < -0.3 is 4.90 Å². The third-order valence-electron chi connectivity index (χ3n) is 4.36. The maximum atomic E-state index is 12.8. The van der Waals surface area contributed by atoms with Gasteiger partial charge in [0.05, 0.1) is 6.04 Å². The van der Waals surface area contributed by atoms with E-state index in [1.165, 1.54) is 0 Å². The van der Waals surface area contributed by atoms with E-state index in [2.05, 4.69) is 26.1 Å². The number of carbonyl (C=O) groups excluding carboxylic acids is 3. The number of fused-ring (bicyclic) bond motifs is 1. The first-order valence-corrected chi connectivity index (χ1v) is 7.56. The molecule has 5 nitrogen and oxygen atoms in total. The topological polar surface area (TPSA) is 66.5 Å². The van der Waals surface area contributed by atoms with Crippen LogP contribution >= 0.6 is 0 Å². The van der Waals surface area contributed by atoms with Crippen molar-refractivity contribution in [3.8, 4) is 0 Å². The molecule has 2 aliphatic heterocycles. The SMILES string of the molecule is CC(C)(C)C1c2ccccc2C(=O)N1C1CCC(=O)NC1=O. The number of nitrogens with one attached hydrogen (secondary N) is 1. The molecule has 0 bridgehead atoms. The number of hydrogen-bond donors (Lipinski definition) is 1. The molecule has 1 aromatic carbocycles. The van der Waals surface area contributed by atoms with E-state index in [1.54, 1.807) is 4.90 Å². The van der Waals surface area contributed by atoms with Gasteiger partial charge in [-0.15, -0.1) is 0 Å². The van der Waals surface area contributed by atoms with Crippen LogP contribution in [0.2, 0.25) is 0 Å². The molecule has 0 spiro atoms. The third kappa shape index (κ3) is 2.21. The number of piperidine rings is 1. The zero-order valence-electron chi connectivity index (χ0n) is 13.1. The highest BCUT2D eigenvalue weighted by atomic mass is 16.2. The van der Waals surface area contributed by atoms with E-state index in [-0.39, 0.29) is 35.6 Å². The van der Waals surface area contributed by atoms with Crippen molar-refractivity contribution < 1.29 is 14.4 Å². The van der Waals surface area contributed by atoms with Crippen molar-refractivity contribution in [1.29, 1.82) is 0 Å². The van der Waals surface area contributed by atoms with Crippen LogP contribution < -0.4 is 5.32 Å². The molecule has 0 saturated carbocycles. The summed E-state index contributed by atoms with van der Waals surface area (Å²) in [5, 5.41) is 2.35. The van der Waals surface area contributed by atoms with Crippen molar-refractivity contribution in [2.24, 2.45) is 5.41 Å². The first kappa shape index (κ1) is 14.8. The monoisotopic (exact) mass is 300 g/mol. The molecule has 1 fully saturated rings. The first-order valence-electron chi connectivity index (χ1n) is 7.56. The summed E-state index contributed by atoms with van der Waals surface area (Å²) < 4.78 is 0. The normalized spacial score (nSPS) is 25.2. The van der Waals surface area contributed by atoms with E-state index in [0.717, 1.165) is 5.56 Å². The largest absolute Gasteiger partial charge is 0.319 e. The summed E-state index contributed by atoms with van der Waals surface area (Å²) in [6.07, 6.45) is 0.657. The first-order chi connectivity index (χ1) is 10.3. The Balaban J connectivity index is 2.05. The summed E-state index contributed by atoms with van der Waals surface area (Å²) in [6.45, 7) is 6.18. The van der Waals surface area contributed by atoms with Crippen LogP contribution in [0.15, 0.2) is 24.3 Å². The molecule has 2 atom stereocenters. The van der Waals surface area contributed by atoms with Gasteiger partial charge >= 0.3 is 0 Å². The minimum Gasteiger partial charge on any atom is -0.319 e. The highest BCUT2D eigenvalue weighted by molar-refractivity contribution is 6.05. The Morgan fingerprint density at radius 3 is 2.45 bits per heavy atom. The molecule has 2 heterocycles. The van der Waals surface area contributed by atoms with Crippen LogP contribution in [-0.4, -0.2) is 28.7 Å². The number of hydrogen-bond acceptors (Lipinski definition) is 3. The summed E-state index contributed by atoms with van der Waals surface area (Å²) in [7, 11) is 0. The number of amides is 3. The fraction of sp³-hybridized carbons (Fsp3) is 0.471. The molecular formula is C17H20N2O3. The molecule has 22 heavy (non-hydrogen) atoms. The number of benzene rings is 1. The fourth-order valence-electron chi connectivity index (χ4n) is 3.49. The smallest absolute Gasteiger partial charge is 0.255 e. The van der Waals surface area contributed by atoms with Crippen molar-refractivity contribution in [3.63, 3.8) is 0 Å². The number of nitrogens with zero attached hydrogens (tertiary/aromatic N) is 1. The Bertz CT molecular complexity index is 660. The van der Waals surface area contributed by atoms with Crippen molar-refractivity contribution in [2.75, 3.05) is 0 Å². The second-order valence-corrected chi connectivity index (χ2v) is 7.04. The van der Waals surface area contributed by atoms with Gasteiger partial charge in [0.15, 0.2) is 0 Å². The van der Waals surface area contributed by atoms with Gasteiger partial charge in [0.2, 0.25) is 11.8 Å². The summed E-state index contributed by atoms with van der Waals surface area (Å²) in [5.41, 5.74) is 1.42. The summed E-state index contributed by atoms with van der Waals surface area (Å²) in [5.74, 6) is -0.755. The molecule has 3 rings (SSSR count). The Labute approximate surface area is 129 Å². The highest BCUT2D eigenvalue weighted by Gasteiger charge is 2.48. The number of carbonyl (C=O) groups is 3. The van der Waals surface area contributed by atoms with Gasteiger partial charge in [0.1, 0.15) is 6.04 Å². The van der Waals surface area contributed by atoms with Crippen LogP contribution in [0.3, 0.4) is 0 Å². The van der Waals surface area contributed by atoms with Crippen LogP contribution in [0.5, 0.6) is 0 Å². The standard InChI is InChI=1S/C17H20N2O3/c1-17(2,3)14-10-6-4-5-7-11(10)16(22)19(14)12-8-9-13(20)18-15(12)21/h4-7,12,14H,8-9H2,1-3H3,(H,18,20,21). The zero-order valence-corrected chi connectivity index (χ0v) is 13.1. The lowest BCUT2D eigenvalue weighted by atomic mass is 9.81. The molecule has 0 aromatic heterocycles. The molecule has 5 heteroatoms. The average molecular weight is 300 g/mol. The Morgan fingerprint density at radius 1 is 1.14 bits per heavy atom. The summed E-state index contributed by atoms with van der Waals surface area (Å²) in [4.78, 5) is 38.1. The van der Waals surface area contributed by atoms with Crippen LogP contribution in [-0.2, 0) is 9.59 Å². The second kappa shape index (κ2) is 4.93. The van der Waals surface area contributed by atoms with E-state index in [9.17, 15) is 14.4 Å². The van der Waals surface area contributed by atoms with Crippen molar-refractivity contribution in [2.45, 2.75) is 45.7 Å². The average Bonchev–Trinajstić information content (AvgIpc) is 2.73. The second-order valence-electron chi connectivity index (χ2n) is 7.04. The number of rotatable bonds is 1. The molecule has 0 aliphatic carbocycles. The van der Waals surface area contributed by atoms with Crippen LogP contribution in [0.25, 0.3) is 0 Å². The lowest BCUT2D eigenvalue weighted by molar-refractivity contribution is -0.137. The van der Waals surface area contributed by atoms with Gasteiger partial charge in [-0.1, -0.05) is 39.0 Å². The predicted octanol–water partition coefficient (Wildman–Crippen LogP) is 2.03. The van der Waals surface area contributed by atoms with E-state index in [0.29, 0.717) is 12.0 Å². The van der Waals surface area contributed by atoms with Crippen LogP contribution in [0, 0.1) is 5.41 Å². The van der Waals surface area contributed by atoms with Gasteiger partial charge in [0, 0.05) is 12.0 Å². The van der Waals surface area contributed by atoms with Gasteiger partial charge in [-0.3, -0.25) is 19.7 Å². The lowest BCUT2D eigenvalue weighted by Gasteiger charge is -2.40. The predicted molar refractivity (Wildman–Crippen MR) is 81.0 cm³/mol. The van der Waals surface area contributed by atoms with Gasteiger partial charge in [-0.05, 0) is 23.5 Å². The minimum atomic E-state index is -0.582. The quantitative estimate of drug-likeness (QED) is 0.807. The van der Waals surface area contributed by atoms with Gasteiger partial charge in [0.25, 0.3) is 5.91 Å². The highest BCUT2D eigenvalue weighted by Crippen LogP contribution is 2.46. The molecule has 1 aromatic rings. The Kier molecular flexibility index (Phi) is 3.31. The Morgan fingerprint density at radius 2 is 1.82 bits per heavy atom. The van der Waals surface area contributed by atoms with Gasteiger partial charge in [-0.2, -0.15) is 0 Å². The maximum Gasteiger partial charge on any atom is 0.255 e. The summed E-state index contributed by atoms with van der Waals surface area (Å²) >= 11 is 0. The van der Waals surface area contributed by atoms with E-state index >= 15 is 0 Å². The molecule has 2 unspecified atom stereocenters. The molecule has 116 valence electrons. The molecule has 1 saturated heterocycles. The van der Waals surface area contributed by atoms with Crippen LogP contribution in [0.4, 0.5) is 0 Å². The van der Waals surface area contributed by atoms with Gasteiger partial charge in [-0.25, -0.2) is 0 Å². The molecule has 0 radical (unpaired) electrons. The third-order valence-corrected chi connectivity index (χ3v) is 4.36. The zero-order chi connectivity index (χ0) is 16.1. The fourth-order valence-corrected chi connectivity index (χ4v) is 3.49. The molecule has 1 N–H and O–H groups in total. The van der Waals surface area contributed by atoms with E-state index in [1.807, 2.05) is 24.3 Å². The van der Waals surface area contributed by atoms with Crippen LogP contribution in [0.1, 0.15) is 55.6 Å². The molecular weight excluding hydrogens is 280 g/mol. The maximum absolute atomic E-state index is 12.8. The number of imide groups is 1. The van der Waals surface area contributed by atoms with E-state index in [4.69, 9.17) is 0 Å². The Hall–Kier alpha value is -2.17. The minimum absolute atomic E-state index is 0.120. The summed E-state index contributed by atoms with van der Waals surface area (Å²) in [6, 6.07) is 6.77.